The van der Waals surface area contributed by atoms with Gasteiger partial charge in [-0.25, -0.2) is 13.6 Å². The number of carbonyl (C=O) groups excluding carboxylic acids is 1. The van der Waals surface area contributed by atoms with Gasteiger partial charge in [-0.2, -0.15) is 0 Å². The van der Waals surface area contributed by atoms with E-state index < -0.39 is 23.5 Å². The molecular formula is C14H11F2NO4. The van der Waals surface area contributed by atoms with Gasteiger partial charge in [0.05, 0.1) is 0 Å². The zero-order chi connectivity index (χ0) is 15.4. The van der Waals surface area contributed by atoms with E-state index in [1.165, 1.54) is 24.3 Å². The van der Waals surface area contributed by atoms with Crippen molar-refractivity contribution in [3.05, 3.63) is 59.1 Å². The first-order chi connectivity index (χ1) is 9.95. The van der Waals surface area contributed by atoms with E-state index in [0.717, 1.165) is 6.07 Å². The van der Waals surface area contributed by atoms with Crippen molar-refractivity contribution in [1.82, 2.24) is 5.32 Å². The van der Waals surface area contributed by atoms with Crippen LogP contribution in [0.25, 0.3) is 0 Å². The van der Waals surface area contributed by atoms with Crippen LogP contribution in [0, 0.1) is 11.6 Å². The molecule has 0 saturated heterocycles. The van der Waals surface area contributed by atoms with Crippen molar-refractivity contribution in [2.24, 2.45) is 0 Å². The summed E-state index contributed by atoms with van der Waals surface area (Å²) in [6, 6.07) is 5.51. The van der Waals surface area contributed by atoms with Gasteiger partial charge in [-0.3, -0.25) is 4.79 Å². The van der Waals surface area contributed by atoms with E-state index in [1.807, 2.05) is 0 Å². The summed E-state index contributed by atoms with van der Waals surface area (Å²) < 4.78 is 30.7. The van der Waals surface area contributed by atoms with Gasteiger partial charge in [0.2, 0.25) is 5.76 Å². The van der Waals surface area contributed by atoms with E-state index in [4.69, 9.17) is 9.52 Å². The molecule has 2 rings (SSSR count). The van der Waals surface area contributed by atoms with Crippen molar-refractivity contribution < 1.29 is 27.9 Å². The smallest absolute Gasteiger partial charge is 0.371 e. The van der Waals surface area contributed by atoms with Crippen molar-refractivity contribution in [3.63, 3.8) is 0 Å². The lowest BCUT2D eigenvalue weighted by Gasteiger charge is -2.04. The average molecular weight is 295 g/mol. The van der Waals surface area contributed by atoms with E-state index in [-0.39, 0.29) is 24.5 Å². The fraction of sp³-hybridized carbons (Fsp3) is 0.143. The highest BCUT2D eigenvalue weighted by atomic mass is 19.1. The van der Waals surface area contributed by atoms with E-state index >= 15 is 0 Å². The summed E-state index contributed by atoms with van der Waals surface area (Å²) in [5.41, 5.74) is 0.401. The van der Waals surface area contributed by atoms with Gasteiger partial charge in [0.15, 0.2) is 5.76 Å². The second-order valence-electron chi connectivity index (χ2n) is 4.25. The molecule has 0 fully saturated rings. The molecule has 7 heteroatoms. The van der Waals surface area contributed by atoms with Gasteiger partial charge < -0.3 is 14.8 Å². The normalized spacial score (nSPS) is 10.4. The summed E-state index contributed by atoms with van der Waals surface area (Å²) in [4.78, 5) is 22.3. The second-order valence-corrected chi connectivity index (χ2v) is 4.25. The third kappa shape index (κ3) is 3.88. The lowest BCUT2D eigenvalue weighted by molar-refractivity contribution is 0.0659. The minimum Gasteiger partial charge on any atom is -0.475 e. The molecule has 0 saturated carbocycles. The van der Waals surface area contributed by atoms with Crippen LogP contribution < -0.4 is 5.32 Å². The number of furan rings is 1. The van der Waals surface area contributed by atoms with Crippen LogP contribution in [0.15, 0.2) is 34.7 Å². The Morgan fingerprint density at radius 1 is 1.10 bits per heavy atom. The molecule has 0 aliphatic carbocycles. The number of aromatic carboxylic acids is 1. The highest BCUT2D eigenvalue weighted by molar-refractivity contribution is 5.93. The van der Waals surface area contributed by atoms with E-state index in [1.54, 1.807) is 0 Å². The van der Waals surface area contributed by atoms with Gasteiger partial charge in [0, 0.05) is 12.6 Å². The number of carbonyl (C=O) groups is 2. The van der Waals surface area contributed by atoms with Crippen LogP contribution in [-0.4, -0.2) is 23.5 Å². The number of halogens is 2. The van der Waals surface area contributed by atoms with Gasteiger partial charge in [-0.1, -0.05) is 0 Å². The third-order valence-corrected chi connectivity index (χ3v) is 2.66. The highest BCUT2D eigenvalue weighted by Gasteiger charge is 2.14. The Balaban J connectivity index is 1.90. The molecule has 110 valence electrons. The van der Waals surface area contributed by atoms with Gasteiger partial charge >= 0.3 is 5.97 Å². The quantitative estimate of drug-likeness (QED) is 0.886. The maximum absolute atomic E-state index is 13.0. The first kappa shape index (κ1) is 14.7. The van der Waals surface area contributed by atoms with Crippen LogP contribution in [0.4, 0.5) is 8.78 Å². The summed E-state index contributed by atoms with van der Waals surface area (Å²) >= 11 is 0. The topological polar surface area (TPSA) is 79.5 Å². The third-order valence-electron chi connectivity index (χ3n) is 2.66. The Morgan fingerprint density at radius 3 is 2.29 bits per heavy atom. The average Bonchev–Trinajstić information content (AvgIpc) is 2.87. The summed E-state index contributed by atoms with van der Waals surface area (Å²) in [6.45, 7) is 0.130. The summed E-state index contributed by atoms with van der Waals surface area (Å²) in [5, 5.41) is 11.1. The van der Waals surface area contributed by atoms with Crippen LogP contribution in [0.3, 0.4) is 0 Å². The molecule has 0 atom stereocenters. The van der Waals surface area contributed by atoms with Crippen molar-refractivity contribution >= 4 is 11.9 Å². The van der Waals surface area contributed by atoms with Gasteiger partial charge in [0.25, 0.3) is 5.91 Å². The Bertz CT molecular complexity index is 661. The first-order valence-corrected chi connectivity index (χ1v) is 6.02. The molecule has 21 heavy (non-hydrogen) atoms. The van der Waals surface area contributed by atoms with Crippen LogP contribution in [0.2, 0.25) is 0 Å². The maximum Gasteiger partial charge on any atom is 0.371 e. The van der Waals surface area contributed by atoms with E-state index in [0.29, 0.717) is 5.56 Å². The Kier molecular flexibility index (Phi) is 4.32. The van der Waals surface area contributed by atoms with Crippen molar-refractivity contribution in [2.75, 3.05) is 6.54 Å². The van der Waals surface area contributed by atoms with Crippen LogP contribution in [-0.2, 0) is 6.42 Å². The Labute approximate surface area is 118 Å². The van der Waals surface area contributed by atoms with Gasteiger partial charge in [0.1, 0.15) is 11.6 Å². The summed E-state index contributed by atoms with van der Waals surface area (Å²) in [5.74, 6) is -3.73. The molecular weight excluding hydrogens is 284 g/mol. The van der Waals surface area contributed by atoms with Crippen LogP contribution in [0.5, 0.6) is 0 Å². The lowest BCUT2D eigenvalue weighted by Crippen LogP contribution is -2.25. The fourth-order valence-electron chi connectivity index (χ4n) is 1.74. The minimum atomic E-state index is -1.27. The van der Waals surface area contributed by atoms with E-state index in [2.05, 4.69) is 5.32 Å². The number of rotatable bonds is 5. The largest absolute Gasteiger partial charge is 0.475 e. The molecule has 5 nitrogen and oxygen atoms in total. The van der Waals surface area contributed by atoms with E-state index in [9.17, 15) is 18.4 Å². The zero-order valence-corrected chi connectivity index (χ0v) is 10.7. The predicted molar refractivity (Wildman–Crippen MR) is 68.1 cm³/mol. The lowest BCUT2D eigenvalue weighted by atomic mass is 10.1. The number of hydrogen-bond donors (Lipinski definition) is 2. The molecule has 1 aromatic carbocycles. The number of amides is 1. The first-order valence-electron chi connectivity index (χ1n) is 6.02. The molecule has 0 spiro atoms. The van der Waals surface area contributed by atoms with Gasteiger partial charge in [-0.05, 0) is 36.2 Å². The summed E-state index contributed by atoms with van der Waals surface area (Å²) in [7, 11) is 0. The SMILES string of the molecule is O=C(O)c1ccc(C(=O)NCCc2cc(F)cc(F)c2)o1. The molecule has 0 unspecified atom stereocenters. The number of benzene rings is 1. The predicted octanol–water partition coefficient (Wildman–Crippen LogP) is 2.23. The molecule has 0 bridgehead atoms. The zero-order valence-electron chi connectivity index (χ0n) is 10.7. The van der Waals surface area contributed by atoms with Crippen LogP contribution >= 0.6 is 0 Å². The number of carboxylic acids is 1. The molecule has 0 aliphatic heterocycles. The van der Waals surface area contributed by atoms with Crippen molar-refractivity contribution in [1.29, 1.82) is 0 Å². The molecule has 1 aromatic heterocycles. The monoisotopic (exact) mass is 295 g/mol. The second kappa shape index (κ2) is 6.17. The molecule has 2 N–H and O–H groups in total. The minimum absolute atomic E-state index is 0.130. The Hall–Kier alpha value is -2.70. The van der Waals surface area contributed by atoms with Crippen molar-refractivity contribution in [2.45, 2.75) is 6.42 Å². The van der Waals surface area contributed by atoms with Crippen molar-refractivity contribution in [3.8, 4) is 0 Å². The fourth-order valence-corrected chi connectivity index (χ4v) is 1.74. The highest BCUT2D eigenvalue weighted by Crippen LogP contribution is 2.09. The Morgan fingerprint density at radius 2 is 1.71 bits per heavy atom. The summed E-state index contributed by atoms with van der Waals surface area (Å²) in [6.07, 6.45) is 0.229. The van der Waals surface area contributed by atoms with Crippen LogP contribution in [0.1, 0.15) is 26.7 Å². The number of hydrogen-bond acceptors (Lipinski definition) is 3. The van der Waals surface area contributed by atoms with Gasteiger partial charge in [-0.15, -0.1) is 0 Å². The maximum atomic E-state index is 13.0. The molecule has 0 aliphatic rings. The molecule has 2 aromatic rings. The molecule has 1 heterocycles. The standard InChI is InChI=1S/C14H11F2NO4/c15-9-5-8(6-10(16)7-9)3-4-17-13(18)11-1-2-12(21-11)14(19)20/h1-2,5-7H,3-4H2,(H,17,18)(H,19,20). The molecule has 0 radical (unpaired) electrons. The number of carboxylic acid groups (broad SMARTS) is 1. The number of nitrogens with one attached hydrogen (secondary N) is 1. The molecule has 1 amide bonds.